The van der Waals surface area contributed by atoms with Crippen LogP contribution in [0.5, 0.6) is 0 Å². The standard InChI is InChI=1S/C18H19NO3/c1-13-8-9-16(14(2)10-13)19-17(20)12-22-18(21)11-15-6-4-3-5-7-15/h3-10H,11-12H2,1-2H3,(H,19,20). The van der Waals surface area contributed by atoms with Gasteiger partial charge in [-0.1, -0.05) is 48.0 Å². The third-order valence-electron chi connectivity index (χ3n) is 3.21. The lowest BCUT2D eigenvalue weighted by molar-refractivity contribution is -0.146. The number of aryl methyl sites for hydroxylation is 2. The van der Waals surface area contributed by atoms with Crippen LogP contribution in [-0.4, -0.2) is 18.5 Å². The van der Waals surface area contributed by atoms with Gasteiger partial charge >= 0.3 is 5.97 Å². The molecule has 1 N–H and O–H groups in total. The fourth-order valence-corrected chi connectivity index (χ4v) is 2.10. The summed E-state index contributed by atoms with van der Waals surface area (Å²) in [6.07, 6.45) is 0.164. The van der Waals surface area contributed by atoms with Crippen molar-refractivity contribution in [3.05, 3.63) is 65.2 Å². The number of hydrogen-bond acceptors (Lipinski definition) is 3. The van der Waals surface area contributed by atoms with Gasteiger partial charge in [0, 0.05) is 5.69 Å². The predicted octanol–water partition coefficient (Wildman–Crippen LogP) is 3.03. The fourth-order valence-electron chi connectivity index (χ4n) is 2.10. The topological polar surface area (TPSA) is 55.4 Å². The molecule has 0 atom stereocenters. The summed E-state index contributed by atoms with van der Waals surface area (Å²) in [5.41, 5.74) is 3.70. The van der Waals surface area contributed by atoms with Crippen LogP contribution in [0.4, 0.5) is 5.69 Å². The Morgan fingerprint density at radius 3 is 2.45 bits per heavy atom. The van der Waals surface area contributed by atoms with Gasteiger partial charge < -0.3 is 10.1 Å². The van der Waals surface area contributed by atoms with Gasteiger partial charge in [0.25, 0.3) is 5.91 Å². The van der Waals surface area contributed by atoms with E-state index in [2.05, 4.69) is 5.32 Å². The molecular weight excluding hydrogens is 278 g/mol. The van der Waals surface area contributed by atoms with Crippen LogP contribution in [0.15, 0.2) is 48.5 Å². The Hall–Kier alpha value is -2.62. The van der Waals surface area contributed by atoms with E-state index in [1.807, 2.05) is 62.4 Å². The maximum atomic E-state index is 11.8. The maximum Gasteiger partial charge on any atom is 0.310 e. The van der Waals surface area contributed by atoms with Gasteiger partial charge in [0.05, 0.1) is 6.42 Å². The number of nitrogens with one attached hydrogen (secondary N) is 1. The zero-order valence-electron chi connectivity index (χ0n) is 12.8. The van der Waals surface area contributed by atoms with Gasteiger partial charge in [-0.2, -0.15) is 0 Å². The first kappa shape index (κ1) is 15.8. The number of anilines is 1. The highest BCUT2D eigenvalue weighted by Gasteiger charge is 2.09. The van der Waals surface area contributed by atoms with Gasteiger partial charge in [0.2, 0.25) is 0 Å². The maximum absolute atomic E-state index is 11.8. The van der Waals surface area contributed by atoms with Gasteiger partial charge in [0.1, 0.15) is 0 Å². The van der Waals surface area contributed by atoms with Crippen molar-refractivity contribution >= 4 is 17.6 Å². The smallest absolute Gasteiger partial charge is 0.310 e. The number of amides is 1. The second-order valence-electron chi connectivity index (χ2n) is 5.19. The molecule has 1 amide bonds. The minimum absolute atomic E-state index is 0.164. The molecule has 2 aromatic carbocycles. The van der Waals surface area contributed by atoms with Gasteiger partial charge in [-0.3, -0.25) is 9.59 Å². The number of carbonyl (C=O) groups is 2. The highest BCUT2D eigenvalue weighted by atomic mass is 16.5. The van der Waals surface area contributed by atoms with Crippen LogP contribution in [-0.2, 0) is 20.7 Å². The van der Waals surface area contributed by atoms with Crippen molar-refractivity contribution in [3.63, 3.8) is 0 Å². The SMILES string of the molecule is Cc1ccc(NC(=O)COC(=O)Cc2ccccc2)c(C)c1. The first-order chi connectivity index (χ1) is 10.5. The van der Waals surface area contributed by atoms with Crippen LogP contribution in [0.3, 0.4) is 0 Å². The molecule has 0 unspecified atom stereocenters. The van der Waals surface area contributed by atoms with Crippen molar-refractivity contribution in [2.24, 2.45) is 0 Å². The Balaban J connectivity index is 1.81. The Morgan fingerprint density at radius 1 is 1.05 bits per heavy atom. The molecule has 0 spiro atoms. The molecule has 2 aromatic rings. The van der Waals surface area contributed by atoms with Crippen molar-refractivity contribution in [2.75, 3.05) is 11.9 Å². The Morgan fingerprint density at radius 2 is 1.77 bits per heavy atom. The summed E-state index contributed by atoms with van der Waals surface area (Å²) >= 11 is 0. The Bertz CT molecular complexity index is 665. The van der Waals surface area contributed by atoms with Gasteiger partial charge in [-0.15, -0.1) is 0 Å². The molecule has 0 aliphatic rings. The van der Waals surface area contributed by atoms with E-state index in [0.717, 1.165) is 22.4 Å². The Labute approximate surface area is 130 Å². The van der Waals surface area contributed by atoms with Crippen molar-refractivity contribution in [1.29, 1.82) is 0 Å². The van der Waals surface area contributed by atoms with Gasteiger partial charge in [-0.25, -0.2) is 0 Å². The lowest BCUT2D eigenvalue weighted by atomic mass is 10.1. The van der Waals surface area contributed by atoms with E-state index in [1.165, 1.54) is 0 Å². The molecule has 2 rings (SSSR count). The normalized spacial score (nSPS) is 10.1. The van der Waals surface area contributed by atoms with E-state index in [9.17, 15) is 9.59 Å². The average molecular weight is 297 g/mol. The zero-order chi connectivity index (χ0) is 15.9. The van der Waals surface area contributed by atoms with Crippen LogP contribution in [0.25, 0.3) is 0 Å². The molecule has 0 aliphatic carbocycles. The van der Waals surface area contributed by atoms with Crippen molar-refractivity contribution < 1.29 is 14.3 Å². The third kappa shape index (κ3) is 4.74. The number of esters is 1. The predicted molar refractivity (Wildman–Crippen MR) is 85.7 cm³/mol. The molecule has 0 heterocycles. The van der Waals surface area contributed by atoms with Crippen LogP contribution >= 0.6 is 0 Å². The first-order valence-electron chi connectivity index (χ1n) is 7.11. The second kappa shape index (κ2) is 7.41. The number of hydrogen-bond donors (Lipinski definition) is 1. The quantitative estimate of drug-likeness (QED) is 0.863. The molecule has 0 aromatic heterocycles. The Kier molecular flexibility index (Phi) is 5.31. The lowest BCUT2D eigenvalue weighted by Crippen LogP contribution is -2.22. The van der Waals surface area contributed by atoms with Crippen molar-refractivity contribution in [1.82, 2.24) is 0 Å². The van der Waals surface area contributed by atoms with E-state index >= 15 is 0 Å². The summed E-state index contributed by atoms with van der Waals surface area (Å²) in [6.45, 7) is 3.63. The number of rotatable bonds is 5. The van der Waals surface area contributed by atoms with E-state index in [0.29, 0.717) is 0 Å². The van der Waals surface area contributed by atoms with Crippen molar-refractivity contribution in [2.45, 2.75) is 20.3 Å². The van der Waals surface area contributed by atoms with E-state index in [4.69, 9.17) is 4.74 Å². The van der Waals surface area contributed by atoms with Crippen LogP contribution in [0.1, 0.15) is 16.7 Å². The molecule has 0 radical (unpaired) electrons. The molecule has 0 saturated carbocycles. The number of benzene rings is 2. The second-order valence-corrected chi connectivity index (χ2v) is 5.19. The molecule has 0 saturated heterocycles. The van der Waals surface area contributed by atoms with E-state index < -0.39 is 5.97 Å². The molecule has 0 aliphatic heterocycles. The average Bonchev–Trinajstić information content (AvgIpc) is 2.49. The van der Waals surface area contributed by atoms with Crippen LogP contribution < -0.4 is 5.32 Å². The molecule has 114 valence electrons. The zero-order valence-corrected chi connectivity index (χ0v) is 12.8. The van der Waals surface area contributed by atoms with Gasteiger partial charge in [0.15, 0.2) is 6.61 Å². The van der Waals surface area contributed by atoms with E-state index in [-0.39, 0.29) is 18.9 Å². The highest BCUT2D eigenvalue weighted by molar-refractivity contribution is 5.93. The largest absolute Gasteiger partial charge is 0.455 e. The molecule has 4 nitrogen and oxygen atoms in total. The molecular formula is C18H19NO3. The van der Waals surface area contributed by atoms with Gasteiger partial charge in [-0.05, 0) is 31.0 Å². The van der Waals surface area contributed by atoms with Crippen LogP contribution in [0, 0.1) is 13.8 Å². The lowest BCUT2D eigenvalue weighted by Gasteiger charge is -2.09. The summed E-state index contributed by atoms with van der Waals surface area (Å²) in [4.78, 5) is 23.5. The summed E-state index contributed by atoms with van der Waals surface area (Å²) in [5.74, 6) is -0.754. The minimum Gasteiger partial charge on any atom is -0.455 e. The number of carbonyl (C=O) groups excluding carboxylic acids is 2. The number of ether oxygens (including phenoxy) is 1. The molecule has 22 heavy (non-hydrogen) atoms. The highest BCUT2D eigenvalue weighted by Crippen LogP contribution is 2.15. The molecule has 0 bridgehead atoms. The summed E-state index contributed by atoms with van der Waals surface area (Å²) in [7, 11) is 0. The molecule has 4 heteroatoms. The molecule has 0 fully saturated rings. The van der Waals surface area contributed by atoms with E-state index in [1.54, 1.807) is 0 Å². The summed E-state index contributed by atoms with van der Waals surface area (Å²) < 4.78 is 4.99. The minimum atomic E-state index is -0.415. The summed E-state index contributed by atoms with van der Waals surface area (Å²) in [5, 5.41) is 2.74. The fraction of sp³-hybridized carbons (Fsp3) is 0.222. The first-order valence-corrected chi connectivity index (χ1v) is 7.11. The van der Waals surface area contributed by atoms with Crippen LogP contribution in [0.2, 0.25) is 0 Å². The monoisotopic (exact) mass is 297 g/mol. The third-order valence-corrected chi connectivity index (χ3v) is 3.21. The van der Waals surface area contributed by atoms with Crippen molar-refractivity contribution in [3.8, 4) is 0 Å². The summed E-state index contributed by atoms with van der Waals surface area (Å²) in [6, 6.07) is 15.0.